The van der Waals surface area contributed by atoms with E-state index in [0.717, 1.165) is 23.5 Å². The van der Waals surface area contributed by atoms with Gasteiger partial charge < -0.3 is 0 Å². The Hall–Kier alpha value is -2.67. The van der Waals surface area contributed by atoms with Crippen LogP contribution in [0.15, 0.2) is 35.5 Å². The molecule has 5 rings (SSSR count). The van der Waals surface area contributed by atoms with Gasteiger partial charge in [-0.1, -0.05) is 29.8 Å². The first kappa shape index (κ1) is 15.6. The fourth-order valence-corrected chi connectivity index (χ4v) is 3.87. The van der Waals surface area contributed by atoms with Crippen LogP contribution >= 0.6 is 11.6 Å². The molecule has 0 radical (unpaired) electrons. The van der Waals surface area contributed by atoms with E-state index in [0.29, 0.717) is 27.8 Å². The maximum Gasteiger partial charge on any atom is 0.262 e. The van der Waals surface area contributed by atoms with Crippen molar-refractivity contribution < 1.29 is 0 Å². The number of benzene rings is 1. The fourth-order valence-electron chi connectivity index (χ4n) is 3.62. The largest absolute Gasteiger partial charge is 0.294 e. The predicted molar refractivity (Wildman–Crippen MR) is 98.8 cm³/mol. The van der Waals surface area contributed by atoms with Crippen LogP contribution < -0.4 is 5.56 Å². The van der Waals surface area contributed by atoms with E-state index in [1.54, 1.807) is 28.7 Å². The number of nitrogens with zero attached hydrogens (tertiary/aromatic N) is 6. The summed E-state index contributed by atoms with van der Waals surface area (Å²) in [7, 11) is 1.72. The first-order chi connectivity index (χ1) is 12.5. The molecule has 3 heterocycles. The third-order valence-electron chi connectivity index (χ3n) is 5.32. The van der Waals surface area contributed by atoms with Gasteiger partial charge in [0.05, 0.1) is 27.8 Å². The van der Waals surface area contributed by atoms with Crippen LogP contribution in [0, 0.1) is 11.8 Å². The Morgan fingerprint density at radius 1 is 1.35 bits per heavy atom. The normalized spacial score (nSPS) is 19.5. The van der Waals surface area contributed by atoms with Crippen molar-refractivity contribution in [1.29, 1.82) is 0 Å². The Morgan fingerprint density at radius 3 is 2.92 bits per heavy atom. The molecule has 8 heteroatoms. The fraction of sp³-hybridized carbons (Fsp3) is 0.333. The van der Waals surface area contributed by atoms with Crippen molar-refractivity contribution in [2.45, 2.75) is 19.8 Å². The summed E-state index contributed by atoms with van der Waals surface area (Å²) in [6, 6.07) is 5.41. The second-order valence-electron chi connectivity index (χ2n) is 7.09. The summed E-state index contributed by atoms with van der Waals surface area (Å²) in [6.07, 6.45) is 5.78. The SMILES string of the molecule is CC1CC1Cc1cn(-c2ncn3c4cccc(Cl)c4c(=O)n(C)c23)nn1. The lowest BCUT2D eigenvalue weighted by Gasteiger charge is -2.09. The molecule has 132 valence electrons. The number of hydrogen-bond donors (Lipinski definition) is 0. The summed E-state index contributed by atoms with van der Waals surface area (Å²) < 4.78 is 5.07. The molecule has 2 atom stereocenters. The van der Waals surface area contributed by atoms with Crippen LogP contribution in [0.4, 0.5) is 0 Å². The van der Waals surface area contributed by atoms with E-state index in [-0.39, 0.29) is 5.56 Å². The quantitative estimate of drug-likeness (QED) is 0.557. The van der Waals surface area contributed by atoms with Gasteiger partial charge in [0.15, 0.2) is 11.5 Å². The summed E-state index contributed by atoms with van der Waals surface area (Å²) in [5, 5.41) is 9.42. The van der Waals surface area contributed by atoms with Crippen LogP contribution in [0.3, 0.4) is 0 Å². The highest BCUT2D eigenvalue weighted by Crippen LogP contribution is 2.39. The molecule has 0 saturated heterocycles. The van der Waals surface area contributed by atoms with Crippen molar-refractivity contribution in [3.05, 3.63) is 51.8 Å². The van der Waals surface area contributed by atoms with Gasteiger partial charge in [0.2, 0.25) is 0 Å². The average molecular weight is 369 g/mol. The van der Waals surface area contributed by atoms with Crippen LogP contribution in [-0.4, -0.2) is 28.9 Å². The van der Waals surface area contributed by atoms with Crippen LogP contribution in [-0.2, 0) is 13.5 Å². The van der Waals surface area contributed by atoms with Crippen LogP contribution in [0.25, 0.3) is 22.4 Å². The minimum absolute atomic E-state index is 0.160. The van der Waals surface area contributed by atoms with Crippen LogP contribution in [0.5, 0.6) is 0 Å². The lowest BCUT2D eigenvalue weighted by Crippen LogP contribution is -2.20. The Morgan fingerprint density at radius 2 is 2.15 bits per heavy atom. The number of halogens is 1. The van der Waals surface area contributed by atoms with E-state index in [4.69, 9.17) is 11.6 Å². The zero-order valence-electron chi connectivity index (χ0n) is 14.4. The maximum atomic E-state index is 12.8. The monoisotopic (exact) mass is 368 g/mol. The molecule has 7 nitrogen and oxygen atoms in total. The molecule has 1 aliphatic carbocycles. The average Bonchev–Trinajstić information content (AvgIpc) is 3.03. The molecule has 0 N–H and O–H groups in total. The molecule has 4 aromatic rings. The smallest absolute Gasteiger partial charge is 0.262 e. The minimum Gasteiger partial charge on any atom is -0.294 e. The minimum atomic E-state index is -0.160. The second kappa shape index (κ2) is 5.41. The van der Waals surface area contributed by atoms with Gasteiger partial charge in [0.1, 0.15) is 6.33 Å². The highest BCUT2D eigenvalue weighted by Gasteiger charge is 2.33. The topological polar surface area (TPSA) is 70.0 Å². The van der Waals surface area contributed by atoms with Crippen molar-refractivity contribution >= 4 is 28.2 Å². The summed E-state index contributed by atoms with van der Waals surface area (Å²) in [5.41, 5.74) is 2.17. The third-order valence-corrected chi connectivity index (χ3v) is 5.63. The molecule has 0 spiro atoms. The van der Waals surface area contributed by atoms with E-state index < -0.39 is 0 Å². The molecule has 0 aliphatic heterocycles. The lowest BCUT2D eigenvalue weighted by molar-refractivity contribution is 0.723. The molecule has 0 amide bonds. The van der Waals surface area contributed by atoms with Gasteiger partial charge in [-0.25, -0.2) is 4.98 Å². The first-order valence-electron chi connectivity index (χ1n) is 8.60. The Balaban J connectivity index is 1.70. The van der Waals surface area contributed by atoms with Crippen LogP contribution in [0.1, 0.15) is 19.0 Å². The summed E-state index contributed by atoms with van der Waals surface area (Å²) in [5.74, 6) is 2.05. The van der Waals surface area contributed by atoms with Gasteiger partial charge in [-0.05, 0) is 36.8 Å². The van der Waals surface area contributed by atoms with Gasteiger partial charge in [-0.3, -0.25) is 13.8 Å². The molecule has 2 unspecified atom stereocenters. The molecular weight excluding hydrogens is 352 g/mol. The number of fused-ring (bicyclic) bond motifs is 3. The Bertz CT molecular complexity index is 1220. The van der Waals surface area contributed by atoms with Gasteiger partial charge in [-0.2, -0.15) is 4.68 Å². The van der Waals surface area contributed by atoms with Gasteiger partial charge in [0.25, 0.3) is 5.56 Å². The Kier molecular flexibility index (Phi) is 3.24. The van der Waals surface area contributed by atoms with E-state index >= 15 is 0 Å². The van der Waals surface area contributed by atoms with Crippen molar-refractivity contribution in [2.24, 2.45) is 18.9 Å². The van der Waals surface area contributed by atoms with Crippen molar-refractivity contribution in [3.8, 4) is 5.82 Å². The summed E-state index contributed by atoms with van der Waals surface area (Å²) >= 11 is 6.25. The van der Waals surface area contributed by atoms with Crippen LogP contribution in [0.2, 0.25) is 5.02 Å². The molecule has 1 aromatic carbocycles. The summed E-state index contributed by atoms with van der Waals surface area (Å²) in [4.78, 5) is 17.3. The molecular formula is C18H17ClN6O. The van der Waals surface area contributed by atoms with Crippen molar-refractivity contribution in [3.63, 3.8) is 0 Å². The molecule has 3 aromatic heterocycles. The highest BCUT2D eigenvalue weighted by atomic mass is 35.5. The lowest BCUT2D eigenvalue weighted by atomic mass is 10.2. The predicted octanol–water partition coefficient (Wildman–Crippen LogP) is 2.62. The van der Waals surface area contributed by atoms with Crippen molar-refractivity contribution in [2.75, 3.05) is 0 Å². The third kappa shape index (κ3) is 2.20. The van der Waals surface area contributed by atoms with Gasteiger partial charge in [0, 0.05) is 7.05 Å². The number of rotatable bonds is 3. The number of imidazole rings is 1. The van der Waals surface area contributed by atoms with E-state index in [2.05, 4.69) is 22.2 Å². The van der Waals surface area contributed by atoms with E-state index in [1.165, 1.54) is 6.42 Å². The molecule has 1 aliphatic rings. The standard InChI is InChI=1S/C18H17ClN6O/c1-10-6-11(10)7-12-8-25(22-21-12)16-17-23(2)18(26)15-13(19)4-3-5-14(15)24(17)9-20-16/h3-5,8-11H,6-7H2,1-2H3. The Labute approximate surface area is 153 Å². The molecule has 1 fully saturated rings. The second-order valence-corrected chi connectivity index (χ2v) is 7.50. The number of aromatic nitrogens is 6. The summed E-state index contributed by atoms with van der Waals surface area (Å²) in [6.45, 7) is 2.25. The highest BCUT2D eigenvalue weighted by molar-refractivity contribution is 6.35. The van der Waals surface area contributed by atoms with Gasteiger partial charge in [-0.15, -0.1) is 5.10 Å². The molecule has 26 heavy (non-hydrogen) atoms. The number of aryl methyl sites for hydroxylation is 1. The first-order valence-corrected chi connectivity index (χ1v) is 8.98. The van der Waals surface area contributed by atoms with E-state index in [1.807, 2.05) is 22.7 Å². The van der Waals surface area contributed by atoms with Crippen molar-refractivity contribution in [1.82, 2.24) is 28.9 Å². The molecule has 0 bridgehead atoms. The van der Waals surface area contributed by atoms with E-state index in [9.17, 15) is 4.79 Å². The zero-order chi connectivity index (χ0) is 18.0. The van der Waals surface area contributed by atoms with Gasteiger partial charge >= 0.3 is 0 Å². The number of hydrogen-bond acceptors (Lipinski definition) is 4. The maximum absolute atomic E-state index is 12.8. The zero-order valence-corrected chi connectivity index (χ0v) is 15.2. The molecule has 1 saturated carbocycles.